The largest absolute Gasteiger partial charge is 0.336 e. The Balaban J connectivity index is 1.10. The number of hydrogen-bond acceptors (Lipinski definition) is 3. The zero-order valence-electron chi connectivity index (χ0n) is 25.5. The Morgan fingerprint density at radius 2 is 1.60 bits per heavy atom. The fraction of sp³-hybridized carbons (Fsp3) is 0.514. The molecular weight excluding hydrogens is 522 g/mol. The van der Waals surface area contributed by atoms with Crippen LogP contribution in [0.5, 0.6) is 0 Å². The molecule has 2 atom stereocenters. The second-order valence-electron chi connectivity index (χ2n) is 13.8. The predicted molar refractivity (Wildman–Crippen MR) is 168 cm³/mol. The van der Waals surface area contributed by atoms with Gasteiger partial charge < -0.3 is 10.2 Å². The van der Waals surface area contributed by atoms with Crippen LogP contribution in [0, 0.1) is 18.8 Å². The van der Waals surface area contributed by atoms with Crippen LogP contribution < -0.4 is 10.6 Å². The van der Waals surface area contributed by atoms with Gasteiger partial charge in [-0.15, -0.1) is 0 Å². The van der Waals surface area contributed by atoms with Gasteiger partial charge in [-0.05, 0) is 87.6 Å². The first-order chi connectivity index (χ1) is 20.1. The number of urea groups is 1. The number of hydrogen-bond donors (Lipinski definition) is 2. The lowest BCUT2D eigenvalue weighted by atomic mass is 9.85. The zero-order chi connectivity index (χ0) is 29.4. The number of nitrogens with zero attached hydrogens (tertiary/aromatic N) is 3. The highest BCUT2D eigenvalue weighted by Gasteiger charge is 2.44. The van der Waals surface area contributed by atoms with Crippen molar-refractivity contribution in [1.82, 2.24) is 14.7 Å². The molecule has 3 aromatic rings. The van der Waals surface area contributed by atoms with Crippen LogP contribution in [-0.2, 0) is 16.6 Å². The third kappa shape index (κ3) is 6.11. The predicted octanol–water partition coefficient (Wildman–Crippen LogP) is 7.62. The molecule has 2 unspecified atom stereocenters. The number of benzene rings is 2. The molecule has 2 aliphatic heterocycles. The van der Waals surface area contributed by atoms with Crippen LogP contribution in [0.3, 0.4) is 0 Å². The van der Waals surface area contributed by atoms with Gasteiger partial charge in [0.25, 0.3) is 0 Å². The van der Waals surface area contributed by atoms with Gasteiger partial charge >= 0.3 is 6.03 Å². The SMILES string of the molecule is Cc1ccc(-n2nc(C(C)(C)C)cc2NC(=O)Nc2cccc(CC3CC4CCC(C3)N4C(=O)C3CCCC3)c2)cc1. The maximum atomic E-state index is 13.2. The number of piperidine rings is 1. The molecule has 0 spiro atoms. The van der Waals surface area contributed by atoms with E-state index in [9.17, 15) is 9.59 Å². The van der Waals surface area contributed by atoms with E-state index in [1.807, 2.05) is 42.5 Å². The highest BCUT2D eigenvalue weighted by molar-refractivity contribution is 5.99. The van der Waals surface area contributed by atoms with Crippen molar-refractivity contribution in [3.05, 3.63) is 71.4 Å². The van der Waals surface area contributed by atoms with Crippen molar-refractivity contribution in [1.29, 1.82) is 0 Å². The molecule has 2 aromatic carbocycles. The van der Waals surface area contributed by atoms with E-state index in [1.165, 1.54) is 24.0 Å². The van der Waals surface area contributed by atoms with E-state index in [1.54, 1.807) is 4.68 Å². The summed E-state index contributed by atoms with van der Waals surface area (Å²) in [7, 11) is 0. The summed E-state index contributed by atoms with van der Waals surface area (Å²) in [5, 5.41) is 10.9. The minimum atomic E-state index is -0.294. The van der Waals surface area contributed by atoms with Crippen molar-refractivity contribution in [2.45, 2.75) is 103 Å². The highest BCUT2D eigenvalue weighted by Crippen LogP contribution is 2.42. The first kappa shape index (κ1) is 28.5. The number of aryl methyl sites for hydroxylation is 1. The summed E-state index contributed by atoms with van der Waals surface area (Å²) in [5.41, 5.74) is 4.83. The molecule has 6 rings (SSSR count). The van der Waals surface area contributed by atoms with E-state index in [2.05, 4.69) is 55.4 Å². The number of anilines is 2. The number of aromatic nitrogens is 2. The molecule has 3 aliphatic rings. The van der Waals surface area contributed by atoms with E-state index >= 15 is 0 Å². The van der Waals surface area contributed by atoms with Crippen molar-refractivity contribution in [3.8, 4) is 5.69 Å². The van der Waals surface area contributed by atoms with Gasteiger partial charge in [0.2, 0.25) is 5.91 Å². The Morgan fingerprint density at radius 1 is 0.905 bits per heavy atom. The van der Waals surface area contributed by atoms with Gasteiger partial charge in [-0.2, -0.15) is 5.10 Å². The molecule has 1 saturated carbocycles. The van der Waals surface area contributed by atoms with E-state index in [0.717, 1.165) is 62.0 Å². The number of amides is 3. The maximum absolute atomic E-state index is 13.2. The highest BCUT2D eigenvalue weighted by atomic mass is 16.2. The molecule has 3 heterocycles. The number of carbonyl (C=O) groups is 2. The first-order valence-electron chi connectivity index (χ1n) is 15.8. The molecule has 1 aromatic heterocycles. The second-order valence-corrected chi connectivity index (χ2v) is 13.8. The molecule has 2 N–H and O–H groups in total. The standard InChI is InChI=1S/C35H45N5O2/c1-23-12-14-28(15-13-23)40-32(22-31(38-40)35(2,3)4)37-34(42)36-27-11-7-8-24(19-27)18-25-20-29-16-17-30(21-25)39(29)33(41)26-9-5-6-10-26/h7-8,11-15,19,22,25-26,29-30H,5-6,9-10,16-18,20-21H2,1-4H3,(H2,36,37,42). The van der Waals surface area contributed by atoms with Gasteiger partial charge in [0.05, 0.1) is 11.4 Å². The molecule has 7 heteroatoms. The summed E-state index contributed by atoms with van der Waals surface area (Å²) in [6.45, 7) is 8.41. The summed E-state index contributed by atoms with van der Waals surface area (Å²) in [6.07, 6.45) is 10.0. The Labute approximate surface area is 250 Å². The topological polar surface area (TPSA) is 79.3 Å². The van der Waals surface area contributed by atoms with Crippen molar-refractivity contribution < 1.29 is 9.59 Å². The van der Waals surface area contributed by atoms with Gasteiger partial charge in [0, 0.05) is 35.2 Å². The van der Waals surface area contributed by atoms with Crippen LogP contribution in [0.1, 0.15) is 89.0 Å². The minimum Gasteiger partial charge on any atom is -0.336 e. The van der Waals surface area contributed by atoms with E-state index in [-0.39, 0.29) is 17.4 Å². The van der Waals surface area contributed by atoms with Gasteiger partial charge in [-0.25, -0.2) is 9.48 Å². The summed E-state index contributed by atoms with van der Waals surface area (Å²) in [6, 6.07) is 18.8. The Morgan fingerprint density at radius 3 is 2.26 bits per heavy atom. The normalized spacial score (nSPS) is 22.4. The molecule has 2 saturated heterocycles. The summed E-state index contributed by atoms with van der Waals surface area (Å²) in [4.78, 5) is 28.7. The number of fused-ring (bicyclic) bond motifs is 2. The average molecular weight is 568 g/mol. The van der Waals surface area contributed by atoms with Crippen LogP contribution in [-0.4, -0.2) is 38.7 Å². The molecule has 222 valence electrons. The van der Waals surface area contributed by atoms with Crippen LogP contribution in [0.25, 0.3) is 5.69 Å². The maximum Gasteiger partial charge on any atom is 0.324 e. The third-order valence-electron chi connectivity index (χ3n) is 9.50. The molecule has 3 fully saturated rings. The number of nitrogens with one attached hydrogen (secondary N) is 2. The molecular formula is C35H45N5O2. The van der Waals surface area contributed by atoms with Gasteiger partial charge in [-0.3, -0.25) is 10.1 Å². The molecule has 7 nitrogen and oxygen atoms in total. The summed E-state index contributed by atoms with van der Waals surface area (Å²) >= 11 is 0. The van der Waals surface area contributed by atoms with Gasteiger partial charge in [0.1, 0.15) is 5.82 Å². The first-order valence-corrected chi connectivity index (χ1v) is 15.8. The summed E-state index contributed by atoms with van der Waals surface area (Å²) in [5.74, 6) is 1.91. The fourth-order valence-corrected chi connectivity index (χ4v) is 7.31. The van der Waals surface area contributed by atoms with Crippen molar-refractivity contribution in [2.75, 3.05) is 10.6 Å². The van der Waals surface area contributed by atoms with Crippen molar-refractivity contribution >= 4 is 23.4 Å². The third-order valence-corrected chi connectivity index (χ3v) is 9.50. The van der Waals surface area contributed by atoms with Crippen molar-refractivity contribution in [3.63, 3.8) is 0 Å². The smallest absolute Gasteiger partial charge is 0.324 e. The van der Waals surface area contributed by atoms with E-state index < -0.39 is 0 Å². The lowest BCUT2D eigenvalue weighted by Crippen LogP contribution is -2.48. The number of carbonyl (C=O) groups excluding carboxylic acids is 2. The molecule has 42 heavy (non-hydrogen) atoms. The Bertz CT molecular complexity index is 1420. The van der Waals surface area contributed by atoms with Crippen LogP contribution in [0.4, 0.5) is 16.3 Å². The van der Waals surface area contributed by atoms with Crippen molar-refractivity contribution in [2.24, 2.45) is 11.8 Å². The quantitative estimate of drug-likeness (QED) is 0.321. The van der Waals surface area contributed by atoms with E-state index in [0.29, 0.717) is 29.7 Å². The molecule has 3 amide bonds. The Kier molecular flexibility index (Phi) is 7.86. The second kappa shape index (κ2) is 11.6. The number of rotatable bonds is 6. The lowest BCUT2D eigenvalue weighted by molar-refractivity contribution is -0.140. The van der Waals surface area contributed by atoms with Crippen LogP contribution >= 0.6 is 0 Å². The monoisotopic (exact) mass is 567 g/mol. The average Bonchev–Trinajstić information content (AvgIpc) is 3.68. The van der Waals surface area contributed by atoms with Crippen LogP contribution in [0.2, 0.25) is 0 Å². The fourth-order valence-electron chi connectivity index (χ4n) is 7.31. The van der Waals surface area contributed by atoms with E-state index in [4.69, 9.17) is 5.10 Å². The minimum absolute atomic E-state index is 0.156. The van der Waals surface area contributed by atoms with Gasteiger partial charge in [-0.1, -0.05) is 63.4 Å². The zero-order valence-corrected chi connectivity index (χ0v) is 25.5. The Hall–Kier alpha value is -3.61. The molecule has 1 aliphatic carbocycles. The summed E-state index contributed by atoms with van der Waals surface area (Å²) < 4.78 is 1.80. The molecule has 2 bridgehead atoms. The lowest BCUT2D eigenvalue weighted by Gasteiger charge is -2.40. The molecule has 0 radical (unpaired) electrons. The van der Waals surface area contributed by atoms with Gasteiger partial charge in [0.15, 0.2) is 0 Å². The van der Waals surface area contributed by atoms with Crippen LogP contribution in [0.15, 0.2) is 54.6 Å².